The van der Waals surface area contributed by atoms with Gasteiger partial charge in [0.15, 0.2) is 0 Å². The van der Waals surface area contributed by atoms with Crippen molar-refractivity contribution in [3.05, 3.63) is 53.1 Å². The molecular formula is C22H32ClNO5. The normalized spacial score (nSPS) is 13.3. The Morgan fingerprint density at radius 1 is 1.07 bits per heavy atom. The molecule has 1 aromatic carbocycles. The number of carboxylic acids is 2. The SMILES string of the molecule is CCCCC[C@H](CN(C)C)[C@H](O)/C=C/c1ccc(Cl)cc1.O=C(O)/C=C\C(=O)O. The molecule has 1 rings (SSSR count). The molecule has 0 fully saturated rings. The molecule has 0 bridgehead atoms. The van der Waals surface area contributed by atoms with Crippen LogP contribution >= 0.6 is 11.6 Å². The van der Waals surface area contributed by atoms with Gasteiger partial charge in [-0.3, -0.25) is 0 Å². The maximum absolute atomic E-state index is 10.4. The Balaban J connectivity index is 0.000000828. The van der Waals surface area contributed by atoms with Gasteiger partial charge in [-0.2, -0.15) is 0 Å². The Hall–Kier alpha value is -2.15. The van der Waals surface area contributed by atoms with Crippen molar-refractivity contribution in [1.82, 2.24) is 4.90 Å². The summed E-state index contributed by atoms with van der Waals surface area (Å²) in [6.45, 7) is 3.12. The van der Waals surface area contributed by atoms with Crippen LogP contribution in [0, 0.1) is 5.92 Å². The second kappa shape index (κ2) is 15.7. The third-order valence-corrected chi connectivity index (χ3v) is 4.24. The van der Waals surface area contributed by atoms with Crippen LogP contribution in [0.4, 0.5) is 0 Å². The topological polar surface area (TPSA) is 98.1 Å². The number of halogens is 1. The third kappa shape index (κ3) is 15.4. The molecule has 0 amide bonds. The number of benzene rings is 1. The summed E-state index contributed by atoms with van der Waals surface area (Å²) in [6, 6.07) is 7.66. The van der Waals surface area contributed by atoms with Crippen LogP contribution in [0.15, 0.2) is 42.5 Å². The Labute approximate surface area is 178 Å². The molecule has 7 heteroatoms. The molecule has 1 aromatic rings. The fraction of sp³-hybridized carbons (Fsp3) is 0.455. The maximum Gasteiger partial charge on any atom is 0.328 e. The molecule has 6 nitrogen and oxygen atoms in total. The molecular weight excluding hydrogens is 394 g/mol. The van der Waals surface area contributed by atoms with Gasteiger partial charge in [0.05, 0.1) is 6.10 Å². The molecule has 162 valence electrons. The first-order valence-electron chi connectivity index (χ1n) is 9.56. The van der Waals surface area contributed by atoms with Crippen molar-refractivity contribution in [1.29, 1.82) is 0 Å². The predicted octanol–water partition coefficient (Wildman–Crippen LogP) is 4.18. The van der Waals surface area contributed by atoms with Gasteiger partial charge < -0.3 is 20.2 Å². The maximum atomic E-state index is 10.4. The van der Waals surface area contributed by atoms with Crippen LogP contribution in [-0.2, 0) is 9.59 Å². The standard InChI is InChI=1S/C18H28ClNO.C4H4O4/c1-4-5-6-7-16(14-20(2)3)18(21)13-10-15-8-11-17(19)12-9-15;5-3(6)1-2-4(7)8/h8-13,16,18,21H,4-7,14H2,1-3H3;1-2H,(H,5,6)(H,7,8)/b13-10+;2-1-/t16-,18-;/m1./s1. The van der Waals surface area contributed by atoms with E-state index in [2.05, 4.69) is 25.9 Å². The zero-order valence-corrected chi connectivity index (χ0v) is 18.0. The van der Waals surface area contributed by atoms with E-state index in [4.69, 9.17) is 21.8 Å². The largest absolute Gasteiger partial charge is 0.478 e. The summed E-state index contributed by atoms with van der Waals surface area (Å²) in [6.07, 6.45) is 9.29. The predicted molar refractivity (Wildman–Crippen MR) is 117 cm³/mol. The Morgan fingerprint density at radius 3 is 2.07 bits per heavy atom. The summed E-state index contributed by atoms with van der Waals surface area (Å²) in [5, 5.41) is 26.8. The van der Waals surface area contributed by atoms with Crippen LogP contribution in [0.3, 0.4) is 0 Å². The molecule has 29 heavy (non-hydrogen) atoms. The van der Waals surface area contributed by atoms with Crippen LogP contribution in [0.5, 0.6) is 0 Å². The van der Waals surface area contributed by atoms with Gasteiger partial charge in [0.1, 0.15) is 0 Å². The minimum atomic E-state index is -1.26. The van der Waals surface area contributed by atoms with E-state index in [1.165, 1.54) is 19.3 Å². The van der Waals surface area contributed by atoms with E-state index < -0.39 is 18.0 Å². The van der Waals surface area contributed by atoms with Crippen LogP contribution in [0.2, 0.25) is 5.02 Å². The molecule has 0 radical (unpaired) electrons. The molecule has 2 atom stereocenters. The molecule has 0 aliphatic rings. The number of aliphatic hydroxyl groups excluding tert-OH is 1. The third-order valence-electron chi connectivity index (χ3n) is 3.99. The van der Waals surface area contributed by atoms with Gasteiger partial charge in [0.25, 0.3) is 0 Å². The fourth-order valence-electron chi connectivity index (χ4n) is 2.58. The number of unbranched alkanes of at least 4 members (excludes halogenated alkanes) is 2. The summed E-state index contributed by atoms with van der Waals surface area (Å²) in [5.41, 5.74) is 1.07. The molecule has 0 saturated heterocycles. The van der Waals surface area contributed by atoms with Gasteiger partial charge in [0.2, 0.25) is 0 Å². The number of hydrogen-bond donors (Lipinski definition) is 3. The lowest BCUT2D eigenvalue weighted by atomic mass is 9.94. The van der Waals surface area contributed by atoms with Gasteiger partial charge in [-0.1, -0.05) is 62.1 Å². The molecule has 0 spiro atoms. The molecule has 0 heterocycles. The summed E-state index contributed by atoms with van der Waals surface area (Å²) < 4.78 is 0. The first kappa shape index (κ1) is 26.9. The van der Waals surface area contributed by atoms with Crippen molar-refractivity contribution in [2.24, 2.45) is 5.92 Å². The second-order valence-electron chi connectivity index (χ2n) is 6.93. The highest BCUT2D eigenvalue weighted by molar-refractivity contribution is 6.30. The van der Waals surface area contributed by atoms with Gasteiger partial charge in [0, 0.05) is 29.6 Å². The van der Waals surface area contributed by atoms with Crippen LogP contribution in [0.25, 0.3) is 6.08 Å². The minimum Gasteiger partial charge on any atom is -0.478 e. The van der Waals surface area contributed by atoms with Crippen molar-refractivity contribution in [3.8, 4) is 0 Å². The first-order valence-corrected chi connectivity index (χ1v) is 9.94. The smallest absolute Gasteiger partial charge is 0.328 e. The van der Waals surface area contributed by atoms with Crippen LogP contribution < -0.4 is 0 Å². The molecule has 3 N–H and O–H groups in total. The van der Waals surface area contributed by atoms with E-state index in [0.717, 1.165) is 23.6 Å². The highest BCUT2D eigenvalue weighted by atomic mass is 35.5. The molecule has 0 aromatic heterocycles. The van der Waals surface area contributed by atoms with E-state index in [9.17, 15) is 14.7 Å². The number of hydrogen-bond acceptors (Lipinski definition) is 4. The first-order chi connectivity index (χ1) is 13.6. The van der Waals surface area contributed by atoms with Crippen LogP contribution in [0.1, 0.15) is 38.2 Å². The number of rotatable bonds is 11. The monoisotopic (exact) mass is 425 g/mol. The van der Waals surface area contributed by atoms with E-state index in [1.807, 2.05) is 36.4 Å². The van der Waals surface area contributed by atoms with Gasteiger partial charge in [-0.25, -0.2) is 9.59 Å². The lowest BCUT2D eigenvalue weighted by molar-refractivity contribution is -0.134. The summed E-state index contributed by atoms with van der Waals surface area (Å²) >= 11 is 5.87. The zero-order valence-electron chi connectivity index (χ0n) is 17.3. The van der Waals surface area contributed by atoms with Gasteiger partial charge in [-0.05, 0) is 38.2 Å². The lowest BCUT2D eigenvalue weighted by Gasteiger charge is -2.24. The number of aliphatic hydroxyl groups is 1. The molecule has 0 aliphatic heterocycles. The fourth-order valence-corrected chi connectivity index (χ4v) is 2.70. The zero-order chi connectivity index (χ0) is 22.2. The van der Waals surface area contributed by atoms with Crippen LogP contribution in [-0.4, -0.2) is 58.9 Å². The van der Waals surface area contributed by atoms with Crippen molar-refractivity contribution in [3.63, 3.8) is 0 Å². The van der Waals surface area contributed by atoms with E-state index in [-0.39, 0.29) is 5.92 Å². The Kier molecular flexibility index (Phi) is 14.6. The van der Waals surface area contributed by atoms with E-state index in [1.54, 1.807) is 0 Å². The number of carbonyl (C=O) groups is 2. The highest BCUT2D eigenvalue weighted by Crippen LogP contribution is 2.18. The summed E-state index contributed by atoms with van der Waals surface area (Å²) in [4.78, 5) is 21.3. The Morgan fingerprint density at radius 2 is 1.62 bits per heavy atom. The average Bonchev–Trinajstić information content (AvgIpc) is 2.65. The van der Waals surface area contributed by atoms with E-state index >= 15 is 0 Å². The Bertz CT molecular complexity index is 640. The van der Waals surface area contributed by atoms with Gasteiger partial charge >= 0.3 is 11.9 Å². The molecule has 0 saturated carbocycles. The van der Waals surface area contributed by atoms with Crippen molar-refractivity contribution in [2.75, 3.05) is 20.6 Å². The average molecular weight is 426 g/mol. The second-order valence-corrected chi connectivity index (χ2v) is 7.37. The number of nitrogens with zero attached hydrogens (tertiary/aromatic N) is 1. The lowest BCUT2D eigenvalue weighted by Crippen LogP contribution is -2.30. The van der Waals surface area contributed by atoms with E-state index in [0.29, 0.717) is 12.2 Å². The molecule has 0 aliphatic carbocycles. The quantitative estimate of drug-likeness (QED) is 0.363. The van der Waals surface area contributed by atoms with Gasteiger partial charge in [-0.15, -0.1) is 0 Å². The number of carboxylic acid groups (broad SMARTS) is 2. The summed E-state index contributed by atoms with van der Waals surface area (Å²) in [7, 11) is 4.12. The summed E-state index contributed by atoms with van der Waals surface area (Å²) in [5.74, 6) is -2.23. The highest BCUT2D eigenvalue weighted by Gasteiger charge is 2.17. The minimum absolute atomic E-state index is 0.287. The number of aliphatic carboxylic acids is 2. The van der Waals surface area contributed by atoms with Crippen molar-refractivity contribution < 1.29 is 24.9 Å². The van der Waals surface area contributed by atoms with Crippen molar-refractivity contribution in [2.45, 2.75) is 38.7 Å². The molecule has 0 unspecified atom stereocenters. The van der Waals surface area contributed by atoms with Crippen molar-refractivity contribution >= 4 is 29.6 Å².